The molecule has 0 aliphatic carbocycles. The van der Waals surface area contributed by atoms with E-state index in [9.17, 15) is 0 Å². The van der Waals surface area contributed by atoms with Gasteiger partial charge in [0.05, 0.1) is 0 Å². The molecule has 0 saturated carbocycles. The summed E-state index contributed by atoms with van der Waals surface area (Å²) in [4.78, 5) is 0. The van der Waals surface area contributed by atoms with Gasteiger partial charge in [0.15, 0.2) is 0 Å². The van der Waals surface area contributed by atoms with E-state index in [0.717, 1.165) is 0 Å². The minimum atomic E-state index is -0.446. The second-order valence-electron chi connectivity index (χ2n) is 8.68. The van der Waals surface area contributed by atoms with Gasteiger partial charge in [-0.15, -0.1) is 0 Å². The van der Waals surface area contributed by atoms with Crippen molar-refractivity contribution in [2.45, 2.75) is 0 Å². The molecule has 0 aliphatic rings. The zero-order valence-corrected chi connectivity index (χ0v) is 26.0. The first kappa shape index (κ1) is 31.7. The second kappa shape index (κ2) is 17.1. The first-order chi connectivity index (χ1) is 18.9. The van der Waals surface area contributed by atoms with Crippen LogP contribution in [-0.4, -0.2) is 0 Å². The Labute approximate surface area is 261 Å². The molecule has 0 fully saturated rings. The van der Waals surface area contributed by atoms with Crippen LogP contribution in [0.5, 0.6) is 0 Å². The molecule has 0 unspecified atom stereocenters. The third-order valence-electron chi connectivity index (χ3n) is 6.09. The van der Waals surface area contributed by atoms with Crippen LogP contribution < -0.4 is 44.2 Å². The number of benzene rings is 6. The SMILES string of the molecule is [Cl-].[Pd].c1ccc(P(c2ccccc2)c2ccccc2)cc1.c1ccc(P(c2ccccc2)c2ccccc2)cc1. The molecule has 0 atom stereocenters. The molecule has 0 N–H and O–H groups in total. The van der Waals surface area contributed by atoms with Crippen molar-refractivity contribution < 1.29 is 32.8 Å². The van der Waals surface area contributed by atoms with Crippen LogP contribution in [0.2, 0.25) is 0 Å². The summed E-state index contributed by atoms with van der Waals surface area (Å²) in [7, 11) is -0.892. The Morgan fingerprint density at radius 3 is 0.475 bits per heavy atom. The van der Waals surface area contributed by atoms with Crippen molar-refractivity contribution in [2.24, 2.45) is 0 Å². The molecular weight excluding hydrogens is 636 g/mol. The van der Waals surface area contributed by atoms with E-state index in [4.69, 9.17) is 0 Å². The van der Waals surface area contributed by atoms with Crippen LogP contribution in [0.25, 0.3) is 0 Å². The quantitative estimate of drug-likeness (QED) is 0.187. The average molecular weight is 666 g/mol. The number of hydrogen-bond acceptors (Lipinski definition) is 0. The summed E-state index contributed by atoms with van der Waals surface area (Å²) in [5, 5.41) is 8.39. The fraction of sp³-hybridized carbons (Fsp3) is 0. The molecule has 6 rings (SSSR count). The second-order valence-corrected chi connectivity index (χ2v) is 13.1. The van der Waals surface area contributed by atoms with Gasteiger partial charge in [0, 0.05) is 20.4 Å². The average Bonchev–Trinajstić information content (AvgIpc) is 3.01. The maximum absolute atomic E-state index is 2.23. The van der Waals surface area contributed by atoms with Gasteiger partial charge >= 0.3 is 0 Å². The van der Waals surface area contributed by atoms with E-state index in [1.165, 1.54) is 31.8 Å². The Kier molecular flexibility index (Phi) is 13.5. The van der Waals surface area contributed by atoms with E-state index in [2.05, 4.69) is 182 Å². The van der Waals surface area contributed by atoms with Crippen LogP contribution in [0.1, 0.15) is 0 Å². The zero-order chi connectivity index (χ0) is 25.8. The van der Waals surface area contributed by atoms with Crippen molar-refractivity contribution >= 4 is 47.7 Å². The van der Waals surface area contributed by atoms with Gasteiger partial charge < -0.3 is 12.4 Å². The summed E-state index contributed by atoms with van der Waals surface area (Å²) in [6, 6.07) is 64.7. The summed E-state index contributed by atoms with van der Waals surface area (Å²) in [6.07, 6.45) is 0. The van der Waals surface area contributed by atoms with Gasteiger partial charge in [-0.05, 0) is 47.7 Å². The third kappa shape index (κ3) is 8.56. The molecule has 6 aromatic rings. The van der Waals surface area contributed by atoms with E-state index < -0.39 is 15.8 Å². The van der Waals surface area contributed by atoms with Crippen LogP contribution in [0, 0.1) is 0 Å². The monoisotopic (exact) mass is 665 g/mol. The Hall–Kier alpha value is -2.87. The van der Waals surface area contributed by atoms with E-state index in [0.29, 0.717) is 0 Å². The molecule has 0 heterocycles. The van der Waals surface area contributed by atoms with Gasteiger partial charge in [0.2, 0.25) is 0 Å². The van der Waals surface area contributed by atoms with Gasteiger partial charge in [-0.2, -0.15) is 0 Å². The summed E-state index contributed by atoms with van der Waals surface area (Å²) in [6.45, 7) is 0. The van der Waals surface area contributed by atoms with E-state index >= 15 is 0 Å². The smallest absolute Gasteiger partial charge is 0 e. The summed E-state index contributed by atoms with van der Waals surface area (Å²) in [5.74, 6) is 0. The minimum Gasteiger partial charge on any atom is -1.00 e. The molecule has 0 bridgehead atoms. The van der Waals surface area contributed by atoms with Gasteiger partial charge in [0.1, 0.15) is 0 Å². The Morgan fingerprint density at radius 2 is 0.350 bits per heavy atom. The number of hydrogen-bond donors (Lipinski definition) is 0. The van der Waals surface area contributed by atoms with Crippen LogP contribution >= 0.6 is 15.8 Å². The molecule has 4 heteroatoms. The van der Waals surface area contributed by atoms with Gasteiger partial charge in [-0.25, -0.2) is 0 Å². The van der Waals surface area contributed by atoms with Crippen LogP contribution in [0.3, 0.4) is 0 Å². The van der Waals surface area contributed by atoms with Crippen molar-refractivity contribution in [3.05, 3.63) is 182 Å². The Bertz CT molecular complexity index is 1180. The van der Waals surface area contributed by atoms with Gasteiger partial charge in [0.25, 0.3) is 0 Å². The third-order valence-corrected chi connectivity index (χ3v) is 11.0. The largest absolute Gasteiger partial charge is 1.00 e. The van der Waals surface area contributed by atoms with E-state index in [-0.39, 0.29) is 32.8 Å². The topological polar surface area (TPSA) is 0 Å². The fourth-order valence-electron chi connectivity index (χ4n) is 4.36. The summed E-state index contributed by atoms with van der Waals surface area (Å²) >= 11 is 0. The molecular formula is C36H30ClP2Pd-. The van der Waals surface area contributed by atoms with Crippen molar-refractivity contribution in [2.75, 3.05) is 0 Å². The normalized spacial score (nSPS) is 10.1. The minimum absolute atomic E-state index is 0. The van der Waals surface area contributed by atoms with E-state index in [1.54, 1.807) is 0 Å². The van der Waals surface area contributed by atoms with Crippen molar-refractivity contribution in [3.63, 3.8) is 0 Å². The predicted molar refractivity (Wildman–Crippen MR) is 170 cm³/mol. The molecule has 0 aromatic heterocycles. The Morgan fingerprint density at radius 1 is 0.225 bits per heavy atom. The van der Waals surface area contributed by atoms with Crippen LogP contribution in [-0.2, 0) is 20.4 Å². The van der Waals surface area contributed by atoms with Crippen molar-refractivity contribution in [3.8, 4) is 0 Å². The molecule has 0 saturated heterocycles. The van der Waals surface area contributed by atoms with Crippen molar-refractivity contribution in [1.82, 2.24) is 0 Å². The molecule has 0 aliphatic heterocycles. The molecule has 0 radical (unpaired) electrons. The zero-order valence-electron chi connectivity index (χ0n) is 21.9. The molecule has 0 nitrogen and oxygen atoms in total. The maximum atomic E-state index is 2.23. The van der Waals surface area contributed by atoms with Gasteiger partial charge in [-0.1, -0.05) is 182 Å². The fourth-order valence-corrected chi connectivity index (χ4v) is 8.97. The molecule has 202 valence electrons. The molecule has 6 aromatic carbocycles. The van der Waals surface area contributed by atoms with E-state index in [1.807, 2.05) is 0 Å². The maximum Gasteiger partial charge on any atom is 0 e. The molecule has 0 spiro atoms. The van der Waals surface area contributed by atoms with Gasteiger partial charge in [-0.3, -0.25) is 0 Å². The molecule has 0 amide bonds. The summed E-state index contributed by atoms with van der Waals surface area (Å²) < 4.78 is 0. The number of rotatable bonds is 6. The Balaban J connectivity index is 0.000000210. The number of halogens is 1. The standard InChI is InChI=1S/2C18H15P.ClH.Pd/c2*1-4-10-16(11-5-1)19(17-12-6-2-7-13-17)18-14-8-3-9-15-18;;/h2*1-15H;1H;/p-1. The predicted octanol–water partition coefficient (Wildman–Crippen LogP) is 3.89. The van der Waals surface area contributed by atoms with Crippen LogP contribution in [0.15, 0.2) is 182 Å². The summed E-state index contributed by atoms with van der Waals surface area (Å²) in [5.41, 5.74) is 0. The van der Waals surface area contributed by atoms with Crippen LogP contribution in [0.4, 0.5) is 0 Å². The van der Waals surface area contributed by atoms with Crippen molar-refractivity contribution in [1.29, 1.82) is 0 Å². The first-order valence-corrected chi connectivity index (χ1v) is 15.5. The molecule has 40 heavy (non-hydrogen) atoms. The first-order valence-electron chi connectivity index (χ1n) is 12.8.